The Labute approximate surface area is 159 Å². The van der Waals surface area contributed by atoms with E-state index in [1.807, 2.05) is 30.3 Å². The lowest BCUT2D eigenvalue weighted by Gasteiger charge is -2.16. The van der Waals surface area contributed by atoms with Crippen molar-refractivity contribution in [3.8, 4) is 0 Å². The number of benzene rings is 2. The first-order chi connectivity index (χ1) is 13.2. The number of carbonyl (C=O) groups excluding carboxylic acids is 1. The van der Waals surface area contributed by atoms with Crippen LogP contribution in [0.5, 0.6) is 0 Å². The molecule has 0 spiro atoms. The lowest BCUT2D eigenvalue weighted by atomic mass is 10.2. The molecular formula is C22H24N4O. The molecule has 1 N–H and O–H groups in total. The van der Waals surface area contributed by atoms with Crippen molar-refractivity contribution in [2.24, 2.45) is 0 Å². The fraction of sp³-hybridized carbons (Fsp3) is 0.227. The maximum Gasteiger partial charge on any atom is 0.244 e. The van der Waals surface area contributed by atoms with Crippen molar-refractivity contribution < 1.29 is 4.79 Å². The molecule has 0 fully saturated rings. The van der Waals surface area contributed by atoms with Gasteiger partial charge >= 0.3 is 0 Å². The third kappa shape index (κ3) is 6.01. The van der Waals surface area contributed by atoms with Crippen molar-refractivity contribution in [3.05, 3.63) is 78.1 Å². The number of hydrogen-bond acceptors (Lipinski definition) is 4. The molecule has 0 atom stereocenters. The molecule has 2 aromatic carbocycles. The number of para-hydroxylation sites is 2. The molecule has 1 heterocycles. The fourth-order valence-corrected chi connectivity index (χ4v) is 2.81. The summed E-state index contributed by atoms with van der Waals surface area (Å²) in [6, 6.07) is 18.0. The van der Waals surface area contributed by atoms with Crippen molar-refractivity contribution in [2.75, 3.05) is 20.1 Å². The third-order valence-corrected chi connectivity index (χ3v) is 4.18. The van der Waals surface area contributed by atoms with E-state index in [0.717, 1.165) is 30.5 Å². The van der Waals surface area contributed by atoms with E-state index in [1.165, 1.54) is 11.6 Å². The highest BCUT2D eigenvalue weighted by Crippen LogP contribution is 2.09. The molecule has 0 aliphatic heterocycles. The van der Waals surface area contributed by atoms with Crippen LogP contribution in [0.2, 0.25) is 0 Å². The van der Waals surface area contributed by atoms with Crippen LogP contribution < -0.4 is 5.32 Å². The monoisotopic (exact) mass is 360 g/mol. The van der Waals surface area contributed by atoms with E-state index in [2.05, 4.69) is 51.5 Å². The topological polar surface area (TPSA) is 58.1 Å². The molecule has 0 aliphatic rings. The van der Waals surface area contributed by atoms with Gasteiger partial charge in [0.1, 0.15) is 0 Å². The first-order valence-electron chi connectivity index (χ1n) is 9.11. The molecule has 0 saturated carbocycles. The van der Waals surface area contributed by atoms with E-state index >= 15 is 0 Å². The maximum absolute atomic E-state index is 12.0. The molecule has 0 radical (unpaired) electrons. The van der Waals surface area contributed by atoms with Gasteiger partial charge in [0.15, 0.2) is 0 Å². The second kappa shape index (κ2) is 9.59. The molecule has 5 nitrogen and oxygen atoms in total. The molecular weight excluding hydrogens is 336 g/mol. The summed E-state index contributed by atoms with van der Waals surface area (Å²) in [5.74, 6) is -0.115. The van der Waals surface area contributed by atoms with Gasteiger partial charge in [-0.05, 0) is 43.8 Å². The Morgan fingerprint density at radius 1 is 1.07 bits per heavy atom. The Morgan fingerprint density at radius 3 is 2.63 bits per heavy atom. The van der Waals surface area contributed by atoms with Gasteiger partial charge in [-0.3, -0.25) is 9.78 Å². The lowest BCUT2D eigenvalue weighted by Crippen LogP contribution is -2.26. The van der Waals surface area contributed by atoms with Crippen LogP contribution in [0, 0.1) is 0 Å². The maximum atomic E-state index is 12.0. The van der Waals surface area contributed by atoms with Gasteiger partial charge in [-0.1, -0.05) is 42.5 Å². The minimum absolute atomic E-state index is 0.115. The van der Waals surface area contributed by atoms with Gasteiger partial charge in [0.25, 0.3) is 0 Å². The van der Waals surface area contributed by atoms with Gasteiger partial charge < -0.3 is 10.2 Å². The van der Waals surface area contributed by atoms with Gasteiger partial charge in [0.05, 0.1) is 22.9 Å². The van der Waals surface area contributed by atoms with Crippen LogP contribution in [0.1, 0.15) is 17.7 Å². The lowest BCUT2D eigenvalue weighted by molar-refractivity contribution is -0.116. The van der Waals surface area contributed by atoms with Crippen LogP contribution in [0.15, 0.2) is 66.9 Å². The normalized spacial score (nSPS) is 11.3. The number of nitrogens with one attached hydrogen (secondary N) is 1. The molecule has 5 heteroatoms. The summed E-state index contributed by atoms with van der Waals surface area (Å²) < 4.78 is 0. The van der Waals surface area contributed by atoms with E-state index in [4.69, 9.17) is 0 Å². The molecule has 0 bridgehead atoms. The Bertz CT molecular complexity index is 908. The van der Waals surface area contributed by atoms with Crippen molar-refractivity contribution in [1.82, 2.24) is 20.2 Å². The molecule has 0 unspecified atom stereocenters. The largest absolute Gasteiger partial charge is 0.353 e. The Morgan fingerprint density at radius 2 is 1.81 bits per heavy atom. The number of carbonyl (C=O) groups is 1. The predicted octanol–water partition coefficient (Wildman–Crippen LogP) is 3.28. The van der Waals surface area contributed by atoms with Crippen LogP contribution in [-0.4, -0.2) is 40.9 Å². The summed E-state index contributed by atoms with van der Waals surface area (Å²) in [4.78, 5) is 23.0. The number of nitrogens with zero attached hydrogens (tertiary/aromatic N) is 3. The van der Waals surface area contributed by atoms with Crippen molar-refractivity contribution in [3.63, 3.8) is 0 Å². The summed E-state index contributed by atoms with van der Waals surface area (Å²) in [7, 11) is 2.09. The predicted molar refractivity (Wildman–Crippen MR) is 109 cm³/mol. The average molecular weight is 360 g/mol. The number of fused-ring (bicyclic) bond motifs is 1. The molecule has 0 saturated heterocycles. The summed E-state index contributed by atoms with van der Waals surface area (Å²) in [6.07, 6.45) is 5.77. The van der Waals surface area contributed by atoms with Crippen LogP contribution >= 0.6 is 0 Å². The zero-order chi connectivity index (χ0) is 18.9. The minimum Gasteiger partial charge on any atom is -0.353 e. The quantitative estimate of drug-likeness (QED) is 0.495. The SMILES string of the molecule is CN(CCCNC(=O)/C=C/c1cnc2ccccc2n1)Cc1ccccc1. The number of hydrogen-bond donors (Lipinski definition) is 1. The standard InChI is InChI=1S/C22H24N4O/c1-26(17-18-8-3-2-4-9-18)15-7-14-23-22(27)13-12-19-16-24-20-10-5-6-11-21(20)25-19/h2-6,8-13,16H,7,14-15,17H2,1H3,(H,23,27)/b13-12+. The van der Waals surface area contributed by atoms with E-state index in [-0.39, 0.29) is 5.91 Å². The highest BCUT2D eigenvalue weighted by molar-refractivity contribution is 5.91. The highest BCUT2D eigenvalue weighted by Gasteiger charge is 2.01. The third-order valence-electron chi connectivity index (χ3n) is 4.18. The Hall–Kier alpha value is -3.05. The zero-order valence-corrected chi connectivity index (χ0v) is 15.5. The number of rotatable bonds is 8. The van der Waals surface area contributed by atoms with E-state index < -0.39 is 0 Å². The van der Waals surface area contributed by atoms with Gasteiger partial charge in [0.2, 0.25) is 5.91 Å². The van der Waals surface area contributed by atoms with Gasteiger partial charge in [0, 0.05) is 19.2 Å². The van der Waals surface area contributed by atoms with Gasteiger partial charge in [-0.15, -0.1) is 0 Å². The first-order valence-corrected chi connectivity index (χ1v) is 9.11. The summed E-state index contributed by atoms with van der Waals surface area (Å²) >= 11 is 0. The summed E-state index contributed by atoms with van der Waals surface area (Å²) in [5, 5.41) is 2.91. The van der Waals surface area contributed by atoms with Gasteiger partial charge in [-0.25, -0.2) is 4.98 Å². The average Bonchev–Trinajstić information content (AvgIpc) is 2.70. The van der Waals surface area contributed by atoms with E-state index in [1.54, 1.807) is 12.3 Å². The van der Waals surface area contributed by atoms with Crippen LogP contribution in [0.25, 0.3) is 17.1 Å². The smallest absolute Gasteiger partial charge is 0.244 e. The van der Waals surface area contributed by atoms with Gasteiger partial charge in [-0.2, -0.15) is 0 Å². The minimum atomic E-state index is -0.115. The fourth-order valence-electron chi connectivity index (χ4n) is 2.81. The molecule has 3 aromatic rings. The summed E-state index contributed by atoms with van der Waals surface area (Å²) in [5.41, 5.74) is 3.63. The van der Waals surface area contributed by atoms with Crippen LogP contribution in [-0.2, 0) is 11.3 Å². The molecule has 1 amide bonds. The van der Waals surface area contributed by atoms with Crippen LogP contribution in [0.4, 0.5) is 0 Å². The van der Waals surface area contributed by atoms with E-state index in [0.29, 0.717) is 12.2 Å². The molecule has 1 aromatic heterocycles. The van der Waals surface area contributed by atoms with Crippen LogP contribution in [0.3, 0.4) is 0 Å². The first kappa shape index (κ1) is 18.7. The second-order valence-corrected chi connectivity index (χ2v) is 6.48. The number of aromatic nitrogens is 2. The molecule has 0 aliphatic carbocycles. The zero-order valence-electron chi connectivity index (χ0n) is 15.5. The Balaban J connectivity index is 1.39. The molecule has 3 rings (SSSR count). The number of amides is 1. The second-order valence-electron chi connectivity index (χ2n) is 6.48. The molecule has 138 valence electrons. The van der Waals surface area contributed by atoms with E-state index in [9.17, 15) is 4.79 Å². The summed E-state index contributed by atoms with van der Waals surface area (Å²) in [6.45, 7) is 2.48. The van der Waals surface area contributed by atoms with Crippen molar-refractivity contribution in [1.29, 1.82) is 0 Å². The highest BCUT2D eigenvalue weighted by atomic mass is 16.1. The van der Waals surface area contributed by atoms with Crippen molar-refractivity contribution >= 4 is 23.0 Å². The Kier molecular flexibility index (Phi) is 6.66. The molecule has 27 heavy (non-hydrogen) atoms. The van der Waals surface area contributed by atoms with Crippen molar-refractivity contribution in [2.45, 2.75) is 13.0 Å².